The summed E-state index contributed by atoms with van der Waals surface area (Å²) < 4.78 is 31.9. The molecule has 16 nitrogen and oxygen atoms in total. The predicted molar refractivity (Wildman–Crippen MR) is 160 cm³/mol. The smallest absolute Gasteiger partial charge is 0.408 e. The predicted octanol–water partition coefficient (Wildman–Crippen LogP) is 0.00980. The summed E-state index contributed by atoms with van der Waals surface area (Å²) in [5.74, 6) is -7.21. The van der Waals surface area contributed by atoms with Crippen molar-refractivity contribution in [2.45, 2.75) is 70.3 Å². The quantitative estimate of drug-likeness (QED) is 0.113. The molecule has 260 valence electrons. The summed E-state index contributed by atoms with van der Waals surface area (Å²) in [5, 5.41) is 9.26. The maximum absolute atomic E-state index is 13.4. The molecule has 4 amide bonds. The third-order valence-corrected chi connectivity index (χ3v) is 6.60. The van der Waals surface area contributed by atoms with Gasteiger partial charge < -0.3 is 40.2 Å². The summed E-state index contributed by atoms with van der Waals surface area (Å²) in [6.45, 7) is 1.44. The molecule has 4 unspecified atom stereocenters. The van der Waals surface area contributed by atoms with Crippen LogP contribution in [0.4, 0.5) is 9.18 Å². The average molecular weight is 669 g/mol. The minimum absolute atomic E-state index is 0.153. The van der Waals surface area contributed by atoms with E-state index in [2.05, 4.69) is 35.5 Å². The van der Waals surface area contributed by atoms with Crippen LogP contribution in [0.15, 0.2) is 30.3 Å². The molecular formula is C30H41FN4O12. The van der Waals surface area contributed by atoms with Crippen LogP contribution in [0.25, 0.3) is 0 Å². The Morgan fingerprint density at radius 3 is 1.74 bits per heavy atom. The largest absolute Gasteiger partial charge is 0.469 e. The molecule has 4 N–H and O–H groups in total. The van der Waals surface area contributed by atoms with E-state index >= 15 is 0 Å². The highest BCUT2D eigenvalue weighted by Gasteiger charge is 2.34. The second-order valence-electron chi connectivity index (χ2n) is 10.4. The Labute approximate surface area is 270 Å². The number of methoxy groups -OCH3 is 3. The molecule has 47 heavy (non-hydrogen) atoms. The summed E-state index contributed by atoms with van der Waals surface area (Å²) in [7, 11) is 3.21. The van der Waals surface area contributed by atoms with Crippen molar-refractivity contribution in [3.05, 3.63) is 35.9 Å². The molecule has 0 aromatic heterocycles. The maximum Gasteiger partial charge on any atom is 0.408 e. The zero-order chi connectivity index (χ0) is 35.5. The van der Waals surface area contributed by atoms with Crippen LogP contribution < -0.4 is 21.3 Å². The van der Waals surface area contributed by atoms with Crippen molar-refractivity contribution in [3.8, 4) is 0 Å². The molecule has 0 saturated carbocycles. The van der Waals surface area contributed by atoms with E-state index in [1.165, 1.54) is 13.8 Å². The molecule has 0 aliphatic rings. The van der Waals surface area contributed by atoms with Gasteiger partial charge in [-0.3, -0.25) is 33.6 Å². The normalized spacial score (nSPS) is 13.1. The van der Waals surface area contributed by atoms with Crippen molar-refractivity contribution in [2.75, 3.05) is 28.0 Å². The fourth-order valence-corrected chi connectivity index (χ4v) is 3.91. The molecule has 0 heterocycles. The van der Waals surface area contributed by atoms with Gasteiger partial charge in [-0.15, -0.1) is 0 Å². The van der Waals surface area contributed by atoms with Gasteiger partial charge in [0.25, 0.3) is 0 Å². The van der Waals surface area contributed by atoms with Gasteiger partial charge in [-0.05, 0) is 17.9 Å². The zero-order valence-corrected chi connectivity index (χ0v) is 26.8. The lowest BCUT2D eigenvalue weighted by Gasteiger charge is -2.27. The van der Waals surface area contributed by atoms with E-state index in [-0.39, 0.29) is 19.4 Å². The van der Waals surface area contributed by atoms with E-state index in [9.17, 15) is 42.7 Å². The standard InChI is InChI=1S/C30H41FN4O12/c1-17(2)26(29(42)33-20(22(36)15-31)13-24(38)45-4)35-27(40)19(11-12-23(37)44-3)32-28(41)21(14-25(39)46-5)34-30(43)47-16-18-9-7-6-8-10-18/h6-10,17,19-21,26H,11-16H2,1-5H3,(H,32,41)(H,33,42)(H,34,43)(H,35,40). The topological polar surface area (TPSA) is 222 Å². The van der Waals surface area contributed by atoms with Gasteiger partial charge in [0.05, 0.1) is 34.2 Å². The monoisotopic (exact) mass is 668 g/mol. The number of halogens is 1. The van der Waals surface area contributed by atoms with Gasteiger partial charge in [0, 0.05) is 6.42 Å². The van der Waals surface area contributed by atoms with Crippen LogP contribution in [0.1, 0.15) is 45.1 Å². The highest BCUT2D eigenvalue weighted by Crippen LogP contribution is 2.09. The number of ether oxygens (including phenoxy) is 4. The molecule has 1 aromatic carbocycles. The molecule has 4 atom stereocenters. The first-order valence-corrected chi connectivity index (χ1v) is 14.4. The minimum Gasteiger partial charge on any atom is -0.469 e. The van der Waals surface area contributed by atoms with Gasteiger partial charge in [0.2, 0.25) is 17.7 Å². The highest BCUT2D eigenvalue weighted by atomic mass is 19.1. The molecule has 1 rings (SSSR count). The van der Waals surface area contributed by atoms with E-state index < -0.39 is 97.1 Å². The summed E-state index contributed by atoms with van der Waals surface area (Å²) in [6, 6.07) is 2.54. The number of esters is 3. The van der Waals surface area contributed by atoms with Gasteiger partial charge in [0.1, 0.15) is 37.4 Å². The number of hydrogen-bond acceptors (Lipinski definition) is 12. The molecule has 1 aromatic rings. The Morgan fingerprint density at radius 2 is 1.21 bits per heavy atom. The molecule has 17 heteroatoms. The fourth-order valence-electron chi connectivity index (χ4n) is 3.91. The van der Waals surface area contributed by atoms with Crippen LogP contribution in [0, 0.1) is 5.92 Å². The van der Waals surface area contributed by atoms with E-state index in [4.69, 9.17) is 4.74 Å². The minimum atomic E-state index is -1.59. The van der Waals surface area contributed by atoms with E-state index in [1.54, 1.807) is 30.3 Å². The number of rotatable bonds is 19. The number of nitrogens with one attached hydrogen (secondary N) is 4. The number of amides is 4. The molecule has 0 saturated heterocycles. The Morgan fingerprint density at radius 1 is 0.681 bits per heavy atom. The van der Waals surface area contributed by atoms with Crippen molar-refractivity contribution in [2.24, 2.45) is 5.92 Å². The second kappa shape index (κ2) is 20.8. The lowest BCUT2D eigenvalue weighted by Crippen LogP contribution is -2.59. The van der Waals surface area contributed by atoms with Crippen LogP contribution in [-0.4, -0.2) is 99.7 Å². The van der Waals surface area contributed by atoms with Crippen LogP contribution in [0.5, 0.6) is 0 Å². The molecule has 0 aliphatic heterocycles. The third kappa shape index (κ3) is 14.7. The van der Waals surface area contributed by atoms with E-state index in [1.807, 2.05) is 0 Å². The van der Waals surface area contributed by atoms with Crippen molar-refractivity contribution >= 4 is 47.5 Å². The number of alkyl carbamates (subject to hydrolysis) is 1. The number of hydrogen-bond donors (Lipinski definition) is 4. The van der Waals surface area contributed by atoms with Crippen molar-refractivity contribution < 1.29 is 61.7 Å². The van der Waals surface area contributed by atoms with Crippen molar-refractivity contribution in [3.63, 3.8) is 0 Å². The lowest BCUT2D eigenvalue weighted by atomic mass is 10.0. The van der Waals surface area contributed by atoms with Gasteiger partial charge >= 0.3 is 24.0 Å². The third-order valence-electron chi connectivity index (χ3n) is 6.60. The molecule has 0 fully saturated rings. The first kappa shape index (κ1) is 39.9. The average Bonchev–Trinajstić information content (AvgIpc) is 3.06. The Bertz CT molecular complexity index is 1260. The van der Waals surface area contributed by atoms with Crippen LogP contribution in [0.2, 0.25) is 0 Å². The first-order valence-electron chi connectivity index (χ1n) is 14.4. The van der Waals surface area contributed by atoms with Crippen molar-refractivity contribution in [1.29, 1.82) is 0 Å². The fraction of sp³-hybridized carbons (Fsp3) is 0.533. The SMILES string of the molecule is COC(=O)CCC(NC(=O)C(CC(=O)OC)NC(=O)OCc1ccccc1)C(=O)NC(C(=O)NC(CC(=O)OC)C(=O)CF)C(C)C. The molecular weight excluding hydrogens is 627 g/mol. The second-order valence-corrected chi connectivity index (χ2v) is 10.4. The Kier molecular flexibility index (Phi) is 17.7. The van der Waals surface area contributed by atoms with Crippen LogP contribution in [0.3, 0.4) is 0 Å². The number of carbonyl (C=O) groups is 8. The molecule has 0 bridgehead atoms. The van der Waals surface area contributed by atoms with Gasteiger partial charge in [-0.2, -0.15) is 0 Å². The number of carbonyl (C=O) groups excluding carboxylic acids is 8. The number of ketones is 1. The molecule has 0 aliphatic carbocycles. The van der Waals surface area contributed by atoms with Gasteiger partial charge in [0.15, 0.2) is 5.78 Å². The van der Waals surface area contributed by atoms with E-state index in [0.717, 1.165) is 21.3 Å². The summed E-state index contributed by atoms with van der Waals surface area (Å²) in [5.41, 5.74) is 0.644. The number of Topliss-reactive ketones (excluding diaryl/α,β-unsaturated/α-hetero) is 1. The number of benzene rings is 1. The number of alkyl halides is 1. The Hall–Kier alpha value is -5.09. The zero-order valence-electron chi connectivity index (χ0n) is 26.8. The summed E-state index contributed by atoms with van der Waals surface area (Å²) >= 11 is 0. The van der Waals surface area contributed by atoms with Crippen LogP contribution in [-0.2, 0) is 59.1 Å². The molecule has 0 radical (unpaired) electrons. The van der Waals surface area contributed by atoms with Crippen LogP contribution >= 0.6 is 0 Å². The van der Waals surface area contributed by atoms with Crippen molar-refractivity contribution in [1.82, 2.24) is 21.3 Å². The Balaban J connectivity index is 3.17. The molecule has 0 spiro atoms. The summed E-state index contributed by atoms with van der Waals surface area (Å²) in [6.07, 6.45) is -3.09. The van der Waals surface area contributed by atoms with E-state index in [0.29, 0.717) is 5.56 Å². The maximum atomic E-state index is 13.4. The van der Waals surface area contributed by atoms with Gasteiger partial charge in [-0.1, -0.05) is 44.2 Å². The lowest BCUT2D eigenvalue weighted by molar-refractivity contribution is -0.144. The highest BCUT2D eigenvalue weighted by molar-refractivity contribution is 5.97. The summed E-state index contributed by atoms with van der Waals surface area (Å²) in [4.78, 5) is 99.9. The van der Waals surface area contributed by atoms with Gasteiger partial charge in [-0.25, -0.2) is 9.18 Å². The first-order chi connectivity index (χ1) is 22.3.